The number of carbonyl (C=O) groups is 2. The summed E-state index contributed by atoms with van der Waals surface area (Å²) in [5, 5.41) is 2.86. The van der Waals surface area contributed by atoms with Gasteiger partial charge in [-0.1, -0.05) is 55.5 Å². The maximum absolute atomic E-state index is 14.0. The molecule has 0 saturated heterocycles. The molecule has 2 amide bonds. The molecule has 0 aliphatic carbocycles. The summed E-state index contributed by atoms with van der Waals surface area (Å²) in [6.07, 6.45) is 0.575. The first-order valence-corrected chi connectivity index (χ1v) is 14.4. The van der Waals surface area contributed by atoms with Crippen LogP contribution in [0.2, 0.25) is 0 Å². The molecule has 8 nitrogen and oxygen atoms in total. The zero-order chi connectivity index (χ0) is 28.6. The minimum Gasteiger partial charge on any atom is -0.497 e. The van der Waals surface area contributed by atoms with Crippen LogP contribution in [0.3, 0.4) is 0 Å². The Morgan fingerprint density at radius 2 is 1.59 bits per heavy atom. The van der Waals surface area contributed by atoms with Crippen LogP contribution in [0.15, 0.2) is 83.8 Å². The van der Waals surface area contributed by atoms with E-state index in [0.717, 1.165) is 15.4 Å². The summed E-state index contributed by atoms with van der Waals surface area (Å²) in [4.78, 5) is 28.5. The van der Waals surface area contributed by atoms with Gasteiger partial charge in [0.1, 0.15) is 18.3 Å². The summed E-state index contributed by atoms with van der Waals surface area (Å²) >= 11 is 0. The minimum atomic E-state index is -4.10. The van der Waals surface area contributed by atoms with Gasteiger partial charge in [-0.05, 0) is 68.7 Å². The van der Waals surface area contributed by atoms with Crippen LogP contribution in [0, 0.1) is 0 Å². The van der Waals surface area contributed by atoms with Gasteiger partial charge in [-0.3, -0.25) is 13.9 Å². The highest BCUT2D eigenvalue weighted by Gasteiger charge is 2.33. The van der Waals surface area contributed by atoms with E-state index in [1.165, 1.54) is 17.0 Å². The normalized spacial score (nSPS) is 12.1. The molecule has 3 aromatic rings. The molecule has 0 aliphatic rings. The Morgan fingerprint density at radius 3 is 2.23 bits per heavy atom. The number of nitrogens with zero attached hydrogens (tertiary/aromatic N) is 2. The second-order valence-electron chi connectivity index (χ2n) is 9.52. The molecule has 0 fully saturated rings. The van der Waals surface area contributed by atoms with Gasteiger partial charge in [0.2, 0.25) is 11.8 Å². The highest BCUT2D eigenvalue weighted by atomic mass is 32.2. The Bertz CT molecular complexity index is 1380. The summed E-state index contributed by atoms with van der Waals surface area (Å²) in [6.45, 7) is 6.88. The number of benzene rings is 3. The number of carbonyl (C=O) groups excluding carboxylic acids is 2. The number of rotatable bonds is 12. The minimum absolute atomic E-state index is 0.0775. The first kappa shape index (κ1) is 29.7. The van der Waals surface area contributed by atoms with Crippen LogP contribution in [0.25, 0.3) is 0 Å². The van der Waals surface area contributed by atoms with Crippen molar-refractivity contribution in [1.82, 2.24) is 10.2 Å². The summed E-state index contributed by atoms with van der Waals surface area (Å²) in [5.41, 5.74) is 1.96. The van der Waals surface area contributed by atoms with E-state index in [9.17, 15) is 18.0 Å². The first-order chi connectivity index (χ1) is 18.6. The van der Waals surface area contributed by atoms with Crippen LogP contribution in [0.1, 0.15) is 38.8 Å². The quantitative estimate of drug-likeness (QED) is 0.360. The van der Waals surface area contributed by atoms with Gasteiger partial charge in [-0.15, -0.1) is 0 Å². The molecule has 0 aliphatic heterocycles. The van der Waals surface area contributed by atoms with Crippen molar-refractivity contribution in [2.24, 2.45) is 0 Å². The predicted octanol–water partition coefficient (Wildman–Crippen LogP) is 4.39. The van der Waals surface area contributed by atoms with Crippen molar-refractivity contribution in [2.45, 2.75) is 57.6 Å². The van der Waals surface area contributed by atoms with E-state index in [1.54, 1.807) is 62.6 Å². The highest BCUT2D eigenvalue weighted by Crippen LogP contribution is 2.28. The molecule has 0 radical (unpaired) electrons. The summed E-state index contributed by atoms with van der Waals surface area (Å²) in [7, 11) is -2.54. The number of anilines is 1. The van der Waals surface area contributed by atoms with Crippen molar-refractivity contribution in [3.8, 4) is 5.75 Å². The van der Waals surface area contributed by atoms with Gasteiger partial charge in [0.25, 0.3) is 10.0 Å². The molecule has 208 valence electrons. The van der Waals surface area contributed by atoms with Crippen LogP contribution in [-0.4, -0.2) is 50.9 Å². The van der Waals surface area contributed by atoms with E-state index >= 15 is 0 Å². The molecule has 0 spiro atoms. The number of hydrogen-bond donors (Lipinski definition) is 1. The molecule has 0 heterocycles. The third-order valence-electron chi connectivity index (χ3n) is 6.34. The lowest BCUT2D eigenvalue weighted by atomic mass is 10.1. The number of sulfonamides is 1. The molecular weight excluding hydrogens is 514 g/mol. The van der Waals surface area contributed by atoms with Crippen molar-refractivity contribution < 1.29 is 22.7 Å². The zero-order valence-corrected chi connectivity index (χ0v) is 23.9. The van der Waals surface area contributed by atoms with Crippen molar-refractivity contribution in [3.05, 3.63) is 90.0 Å². The second kappa shape index (κ2) is 13.3. The van der Waals surface area contributed by atoms with Crippen LogP contribution < -0.4 is 14.4 Å². The highest BCUT2D eigenvalue weighted by molar-refractivity contribution is 7.92. The van der Waals surface area contributed by atoms with Crippen molar-refractivity contribution >= 4 is 27.5 Å². The lowest BCUT2D eigenvalue weighted by Crippen LogP contribution is -2.52. The molecule has 9 heteroatoms. The molecular formula is C30H37N3O5S. The largest absolute Gasteiger partial charge is 0.497 e. The van der Waals surface area contributed by atoms with Gasteiger partial charge in [0, 0.05) is 12.6 Å². The smallest absolute Gasteiger partial charge is 0.264 e. The van der Waals surface area contributed by atoms with E-state index < -0.39 is 28.5 Å². The fraction of sp³-hybridized carbons (Fsp3) is 0.333. The van der Waals surface area contributed by atoms with Gasteiger partial charge in [0.05, 0.1) is 17.7 Å². The van der Waals surface area contributed by atoms with Crippen LogP contribution in [0.4, 0.5) is 5.69 Å². The van der Waals surface area contributed by atoms with E-state index in [2.05, 4.69) is 5.32 Å². The maximum Gasteiger partial charge on any atom is 0.264 e. The number of para-hydroxylation sites is 1. The third kappa shape index (κ3) is 7.38. The molecule has 0 unspecified atom stereocenters. The average molecular weight is 552 g/mol. The summed E-state index contributed by atoms with van der Waals surface area (Å²) in [6, 6.07) is 21.4. The van der Waals surface area contributed by atoms with Crippen LogP contribution in [0.5, 0.6) is 5.75 Å². The molecule has 1 atom stereocenters. The average Bonchev–Trinajstić information content (AvgIpc) is 2.94. The van der Waals surface area contributed by atoms with Crippen molar-refractivity contribution in [2.75, 3.05) is 18.0 Å². The molecule has 0 aromatic heterocycles. The summed E-state index contributed by atoms with van der Waals surface area (Å²) in [5.74, 6) is -0.216. The van der Waals surface area contributed by atoms with E-state index in [4.69, 9.17) is 4.74 Å². The lowest BCUT2D eigenvalue weighted by molar-refractivity contribution is -0.139. The lowest BCUT2D eigenvalue weighted by Gasteiger charge is -2.33. The van der Waals surface area contributed by atoms with Crippen molar-refractivity contribution in [3.63, 3.8) is 0 Å². The summed E-state index contributed by atoms with van der Waals surface area (Å²) < 4.78 is 34.3. The Morgan fingerprint density at radius 1 is 0.923 bits per heavy atom. The zero-order valence-electron chi connectivity index (χ0n) is 23.1. The number of methoxy groups -OCH3 is 1. The van der Waals surface area contributed by atoms with E-state index in [1.807, 2.05) is 39.0 Å². The Balaban J connectivity index is 2.06. The van der Waals surface area contributed by atoms with E-state index in [0.29, 0.717) is 17.9 Å². The number of ether oxygens (including phenoxy) is 1. The number of amides is 2. The van der Waals surface area contributed by atoms with Crippen LogP contribution in [-0.2, 0) is 32.6 Å². The fourth-order valence-corrected chi connectivity index (χ4v) is 5.71. The third-order valence-corrected chi connectivity index (χ3v) is 8.11. The number of hydrogen-bond acceptors (Lipinski definition) is 5. The molecule has 3 rings (SSSR count). The Hall–Kier alpha value is -3.85. The molecule has 39 heavy (non-hydrogen) atoms. The first-order valence-electron chi connectivity index (χ1n) is 13.0. The number of nitrogens with one attached hydrogen (secondary N) is 1. The molecule has 3 aromatic carbocycles. The van der Waals surface area contributed by atoms with Gasteiger partial charge >= 0.3 is 0 Å². The molecule has 0 bridgehead atoms. The molecule has 0 saturated carbocycles. The van der Waals surface area contributed by atoms with Crippen LogP contribution >= 0.6 is 0 Å². The second-order valence-corrected chi connectivity index (χ2v) is 11.4. The molecule has 1 N–H and O–H groups in total. The number of aryl methyl sites for hydroxylation is 1. The Labute approximate surface area is 231 Å². The van der Waals surface area contributed by atoms with E-state index in [-0.39, 0.29) is 23.4 Å². The van der Waals surface area contributed by atoms with Gasteiger partial charge < -0.3 is 15.0 Å². The Kier molecular flexibility index (Phi) is 10.1. The SMILES string of the molecule is CCc1ccccc1N(CC(=O)N(Cc1cccc(OC)c1)[C@H](C)C(=O)NC(C)C)S(=O)(=O)c1ccccc1. The topological polar surface area (TPSA) is 96.0 Å². The standard InChI is InChI=1S/C30H37N3O5S/c1-6-25-14-10-11-18-28(25)33(39(36,37)27-16-8-7-9-17-27)21-29(34)32(23(4)30(35)31-22(2)3)20-24-13-12-15-26(19-24)38-5/h7-19,22-23H,6,20-21H2,1-5H3,(H,31,35)/t23-/m1/s1. The maximum atomic E-state index is 14.0. The predicted molar refractivity (Wildman–Crippen MR) is 153 cm³/mol. The van der Waals surface area contributed by atoms with Gasteiger partial charge in [-0.25, -0.2) is 8.42 Å². The van der Waals surface area contributed by atoms with Gasteiger partial charge in [0.15, 0.2) is 0 Å². The fourth-order valence-electron chi connectivity index (χ4n) is 4.24. The van der Waals surface area contributed by atoms with Crippen molar-refractivity contribution in [1.29, 1.82) is 0 Å². The van der Waals surface area contributed by atoms with Gasteiger partial charge in [-0.2, -0.15) is 0 Å². The monoisotopic (exact) mass is 551 g/mol.